The lowest BCUT2D eigenvalue weighted by atomic mass is 10.0. The van der Waals surface area contributed by atoms with Gasteiger partial charge in [-0.05, 0) is 17.5 Å². The van der Waals surface area contributed by atoms with Gasteiger partial charge in [0.2, 0.25) is 0 Å². The summed E-state index contributed by atoms with van der Waals surface area (Å²) >= 11 is 3.81. The molecule has 0 amide bonds. The van der Waals surface area contributed by atoms with Crippen LogP contribution < -0.4 is 0 Å². The van der Waals surface area contributed by atoms with Gasteiger partial charge in [-0.25, -0.2) is 4.98 Å². The van der Waals surface area contributed by atoms with E-state index in [1.54, 1.807) is 0 Å². The lowest BCUT2D eigenvalue weighted by Crippen LogP contribution is -1.90. The van der Waals surface area contributed by atoms with Crippen molar-refractivity contribution < 1.29 is 0 Å². The summed E-state index contributed by atoms with van der Waals surface area (Å²) in [4.78, 5) is 4.71. The van der Waals surface area contributed by atoms with Gasteiger partial charge >= 0.3 is 0 Å². The van der Waals surface area contributed by atoms with Gasteiger partial charge in [-0.2, -0.15) is 0 Å². The summed E-state index contributed by atoms with van der Waals surface area (Å²) in [5.41, 5.74) is 2.29. The van der Waals surface area contributed by atoms with Gasteiger partial charge in [0.05, 0.1) is 10.2 Å². The minimum atomic E-state index is 1.03. The van der Waals surface area contributed by atoms with Crippen molar-refractivity contribution in [2.75, 3.05) is 0 Å². The number of benzene rings is 4. The Bertz CT molecular complexity index is 2000. The van der Waals surface area contributed by atoms with E-state index in [1.165, 1.54) is 62.0 Å². The highest BCUT2D eigenvalue weighted by molar-refractivity contribution is 7.30. The maximum atomic E-state index is 4.71. The molecule has 4 aromatic carbocycles. The summed E-state index contributed by atoms with van der Waals surface area (Å²) in [7, 11) is 0. The van der Waals surface area contributed by atoms with Crippen molar-refractivity contribution in [3.63, 3.8) is 0 Å². The van der Waals surface area contributed by atoms with Gasteiger partial charge in [0, 0.05) is 58.8 Å². The highest BCUT2D eigenvalue weighted by atomic mass is 32.1. The first-order valence-corrected chi connectivity index (χ1v) is 11.9. The van der Waals surface area contributed by atoms with Crippen LogP contribution in [0.15, 0.2) is 85.2 Å². The number of nitrogens with zero attached hydrogens (tertiary/aromatic N) is 2. The van der Waals surface area contributed by atoms with Crippen molar-refractivity contribution in [3.05, 3.63) is 85.2 Å². The van der Waals surface area contributed by atoms with Crippen LogP contribution in [0.25, 0.3) is 67.7 Å². The number of rotatable bonds is 0. The Kier molecular flexibility index (Phi) is 2.94. The number of aromatic nitrogens is 2. The molecule has 8 rings (SSSR count). The fourth-order valence-corrected chi connectivity index (χ4v) is 7.73. The van der Waals surface area contributed by atoms with Crippen LogP contribution in [0.3, 0.4) is 0 Å². The van der Waals surface area contributed by atoms with Crippen molar-refractivity contribution in [1.29, 1.82) is 0 Å². The molecule has 4 aromatic heterocycles. The van der Waals surface area contributed by atoms with E-state index in [0.29, 0.717) is 0 Å². The number of thiophene rings is 2. The van der Waals surface area contributed by atoms with Crippen molar-refractivity contribution in [1.82, 2.24) is 9.38 Å². The third-order valence-corrected chi connectivity index (χ3v) is 8.84. The topological polar surface area (TPSA) is 17.3 Å². The molecule has 0 radical (unpaired) electrons. The van der Waals surface area contributed by atoms with Gasteiger partial charge in [0.1, 0.15) is 5.65 Å². The molecular formula is C27H14N2S2. The van der Waals surface area contributed by atoms with Crippen LogP contribution in [0.4, 0.5) is 0 Å². The Morgan fingerprint density at radius 1 is 0.581 bits per heavy atom. The van der Waals surface area contributed by atoms with E-state index < -0.39 is 0 Å². The monoisotopic (exact) mass is 430 g/mol. The first kappa shape index (κ1) is 16.3. The summed E-state index contributed by atoms with van der Waals surface area (Å²) < 4.78 is 7.71. The van der Waals surface area contributed by atoms with Crippen molar-refractivity contribution in [2.45, 2.75) is 0 Å². The zero-order valence-electron chi connectivity index (χ0n) is 16.3. The van der Waals surface area contributed by atoms with Crippen LogP contribution in [0.1, 0.15) is 0 Å². The molecule has 0 atom stereocenters. The third kappa shape index (κ3) is 1.95. The second kappa shape index (κ2) is 5.61. The number of pyridine rings is 1. The van der Waals surface area contributed by atoms with Crippen molar-refractivity contribution >= 4 is 90.3 Å². The molecule has 2 nitrogen and oxygen atoms in total. The number of imidazole rings is 1. The normalized spacial score (nSPS) is 12.5. The van der Waals surface area contributed by atoms with E-state index in [1.807, 2.05) is 28.9 Å². The molecule has 0 N–H and O–H groups in total. The molecule has 0 saturated heterocycles. The Morgan fingerprint density at radius 2 is 1.32 bits per heavy atom. The van der Waals surface area contributed by atoms with Gasteiger partial charge in [-0.1, -0.05) is 60.7 Å². The average molecular weight is 431 g/mol. The summed E-state index contributed by atoms with van der Waals surface area (Å²) in [6, 6.07) is 26.6. The summed E-state index contributed by atoms with van der Waals surface area (Å²) in [5, 5.41) is 9.20. The smallest absolute Gasteiger partial charge is 0.145 e. The average Bonchev–Trinajstić information content (AvgIpc) is 3.53. The Hall–Kier alpha value is -3.47. The molecule has 8 aromatic rings. The highest BCUT2D eigenvalue weighted by Crippen LogP contribution is 2.46. The lowest BCUT2D eigenvalue weighted by Gasteiger charge is -2.09. The fourth-order valence-electron chi connectivity index (χ4n) is 5.14. The van der Waals surface area contributed by atoms with E-state index in [-0.39, 0.29) is 0 Å². The molecule has 0 aliphatic heterocycles. The van der Waals surface area contributed by atoms with Gasteiger partial charge in [0.15, 0.2) is 0 Å². The Balaban J connectivity index is 1.66. The van der Waals surface area contributed by atoms with Crippen LogP contribution in [0, 0.1) is 0 Å². The van der Waals surface area contributed by atoms with Gasteiger partial charge < -0.3 is 0 Å². The first-order valence-electron chi connectivity index (χ1n) is 10.3. The summed E-state index contributed by atoms with van der Waals surface area (Å²) in [6.07, 6.45) is 4.01. The molecule has 0 bridgehead atoms. The molecule has 0 fully saturated rings. The standard InChI is InChI=1S/C27H14N2S2/c1-2-7-19-15(5-1)17-9-10-20-23-22(31-26(20)24(17)29-14-13-28-27(19)29)12-11-18-16-6-3-4-8-21(16)30-25(18)23/h1-14H. The first-order chi connectivity index (χ1) is 15.4. The molecule has 0 saturated carbocycles. The second-order valence-electron chi connectivity index (χ2n) is 8.02. The van der Waals surface area contributed by atoms with E-state index in [4.69, 9.17) is 4.98 Å². The Morgan fingerprint density at radius 3 is 2.26 bits per heavy atom. The lowest BCUT2D eigenvalue weighted by molar-refractivity contribution is 1.28. The van der Waals surface area contributed by atoms with Crippen molar-refractivity contribution in [3.8, 4) is 0 Å². The quantitative estimate of drug-likeness (QED) is 0.221. The largest absolute Gasteiger partial charge is 0.298 e. The van der Waals surface area contributed by atoms with Crippen LogP contribution >= 0.6 is 22.7 Å². The summed E-state index contributed by atoms with van der Waals surface area (Å²) in [6.45, 7) is 0. The molecule has 0 aliphatic carbocycles. The minimum Gasteiger partial charge on any atom is -0.298 e. The van der Waals surface area contributed by atoms with Crippen LogP contribution in [-0.4, -0.2) is 9.38 Å². The molecule has 31 heavy (non-hydrogen) atoms. The number of hydrogen-bond acceptors (Lipinski definition) is 3. The maximum absolute atomic E-state index is 4.71. The fraction of sp³-hybridized carbons (Fsp3) is 0. The molecule has 4 heterocycles. The molecule has 0 aliphatic rings. The molecule has 0 spiro atoms. The summed E-state index contributed by atoms with van der Waals surface area (Å²) in [5.74, 6) is 0. The molecule has 0 unspecified atom stereocenters. The van der Waals surface area contributed by atoms with E-state index in [9.17, 15) is 0 Å². The highest BCUT2D eigenvalue weighted by Gasteiger charge is 2.17. The van der Waals surface area contributed by atoms with E-state index >= 15 is 0 Å². The van der Waals surface area contributed by atoms with E-state index in [0.717, 1.165) is 5.65 Å². The van der Waals surface area contributed by atoms with E-state index in [2.05, 4.69) is 83.4 Å². The van der Waals surface area contributed by atoms with Gasteiger partial charge in [0.25, 0.3) is 0 Å². The zero-order chi connectivity index (χ0) is 20.1. The zero-order valence-corrected chi connectivity index (χ0v) is 17.9. The predicted octanol–water partition coefficient (Wildman–Crippen LogP) is 8.38. The Labute approximate surface area is 184 Å². The van der Waals surface area contributed by atoms with Crippen LogP contribution in [0.5, 0.6) is 0 Å². The van der Waals surface area contributed by atoms with Crippen LogP contribution in [-0.2, 0) is 0 Å². The number of fused-ring (bicyclic) bond motifs is 14. The maximum Gasteiger partial charge on any atom is 0.145 e. The minimum absolute atomic E-state index is 1.03. The number of hydrogen-bond donors (Lipinski definition) is 0. The SMILES string of the molecule is c1ccc2c(c1)sc1c2ccc2sc3c(ccc4c5ccccc5c5nccn5c43)c21. The van der Waals surface area contributed by atoms with Gasteiger partial charge in [-0.15, -0.1) is 22.7 Å². The third-order valence-electron chi connectivity index (χ3n) is 6.46. The van der Waals surface area contributed by atoms with Gasteiger partial charge in [-0.3, -0.25) is 4.40 Å². The molecule has 144 valence electrons. The molecular weight excluding hydrogens is 416 g/mol. The molecule has 4 heteroatoms. The predicted molar refractivity (Wildman–Crippen MR) is 136 cm³/mol. The van der Waals surface area contributed by atoms with Crippen LogP contribution in [0.2, 0.25) is 0 Å². The second-order valence-corrected chi connectivity index (χ2v) is 10.1. The van der Waals surface area contributed by atoms with Crippen molar-refractivity contribution in [2.24, 2.45) is 0 Å².